The summed E-state index contributed by atoms with van der Waals surface area (Å²) in [5.41, 5.74) is 3.14. The molecule has 2 aromatic carbocycles. The number of ether oxygens (including phenoxy) is 1. The quantitative estimate of drug-likeness (QED) is 0.513. The fourth-order valence-electron chi connectivity index (χ4n) is 4.56. The Hall–Kier alpha value is -3.28. The number of carbonyl (C=O) groups is 1. The third-order valence-electron chi connectivity index (χ3n) is 6.00. The highest BCUT2D eigenvalue weighted by Gasteiger charge is 2.42. The number of benzene rings is 2. The second kappa shape index (κ2) is 8.69. The van der Waals surface area contributed by atoms with E-state index >= 15 is 0 Å². The summed E-state index contributed by atoms with van der Waals surface area (Å²) >= 11 is 0. The van der Waals surface area contributed by atoms with Crippen molar-refractivity contribution >= 4 is 16.9 Å². The summed E-state index contributed by atoms with van der Waals surface area (Å²) in [5.74, 6) is 0.193. The molecule has 0 bridgehead atoms. The van der Waals surface area contributed by atoms with Gasteiger partial charge in [-0.2, -0.15) is 0 Å². The lowest BCUT2D eigenvalue weighted by Gasteiger charge is -2.25. The van der Waals surface area contributed by atoms with Crippen molar-refractivity contribution in [1.29, 1.82) is 0 Å². The molecule has 0 spiro atoms. The summed E-state index contributed by atoms with van der Waals surface area (Å²) in [4.78, 5) is 28.8. The zero-order chi connectivity index (χ0) is 23.0. The van der Waals surface area contributed by atoms with Gasteiger partial charge in [0.2, 0.25) is 5.76 Å². The van der Waals surface area contributed by atoms with Crippen LogP contribution in [0, 0.1) is 13.8 Å². The minimum atomic E-state index is -0.587. The van der Waals surface area contributed by atoms with Gasteiger partial charge in [0.15, 0.2) is 16.9 Å². The molecule has 2 heterocycles. The lowest BCUT2D eigenvalue weighted by Crippen LogP contribution is -2.30. The Morgan fingerprint density at radius 2 is 1.88 bits per heavy atom. The topological polar surface area (TPSA) is 80.0 Å². The Labute approximate surface area is 187 Å². The minimum absolute atomic E-state index is 0.0227. The number of phenolic OH excluding ortho intramolecular Hbond substituents is 1. The number of aryl methyl sites for hydroxylation is 2. The van der Waals surface area contributed by atoms with E-state index < -0.39 is 6.04 Å². The number of phenols is 1. The van der Waals surface area contributed by atoms with E-state index in [0.29, 0.717) is 41.0 Å². The second-order valence-electron chi connectivity index (χ2n) is 8.40. The highest BCUT2D eigenvalue weighted by atomic mass is 16.5. The molecular formula is C26H29NO5. The molecule has 32 heavy (non-hydrogen) atoms. The molecule has 0 fully saturated rings. The van der Waals surface area contributed by atoms with Gasteiger partial charge in [0.05, 0.1) is 23.6 Å². The first-order chi connectivity index (χ1) is 15.4. The van der Waals surface area contributed by atoms with Gasteiger partial charge in [0, 0.05) is 6.54 Å². The van der Waals surface area contributed by atoms with Crippen LogP contribution in [0.15, 0.2) is 39.5 Å². The number of carbonyl (C=O) groups excluding carboxylic acids is 1. The van der Waals surface area contributed by atoms with Crippen molar-refractivity contribution in [2.24, 2.45) is 0 Å². The number of amides is 1. The number of nitrogens with zero attached hydrogens (tertiary/aromatic N) is 1. The molecule has 6 nitrogen and oxygen atoms in total. The Morgan fingerprint density at radius 3 is 2.59 bits per heavy atom. The van der Waals surface area contributed by atoms with Gasteiger partial charge in [-0.3, -0.25) is 9.59 Å². The first-order valence-electron chi connectivity index (χ1n) is 11.2. The molecule has 1 unspecified atom stereocenters. The predicted molar refractivity (Wildman–Crippen MR) is 124 cm³/mol. The molecular weight excluding hydrogens is 406 g/mol. The summed E-state index contributed by atoms with van der Waals surface area (Å²) in [6.07, 6.45) is 2.83. The molecule has 168 valence electrons. The van der Waals surface area contributed by atoms with E-state index in [9.17, 15) is 14.7 Å². The van der Waals surface area contributed by atoms with E-state index in [2.05, 4.69) is 6.92 Å². The third kappa shape index (κ3) is 3.64. The first kappa shape index (κ1) is 21.9. The van der Waals surface area contributed by atoms with Crippen LogP contribution in [0.4, 0.5) is 0 Å². The molecule has 3 aromatic rings. The van der Waals surface area contributed by atoms with Gasteiger partial charge in [-0.15, -0.1) is 0 Å². The van der Waals surface area contributed by atoms with Crippen LogP contribution in [0.1, 0.15) is 72.0 Å². The zero-order valence-corrected chi connectivity index (χ0v) is 19.0. The monoisotopic (exact) mass is 435 g/mol. The van der Waals surface area contributed by atoms with Crippen LogP contribution in [-0.4, -0.2) is 29.1 Å². The largest absolute Gasteiger partial charge is 0.504 e. The van der Waals surface area contributed by atoms with Gasteiger partial charge in [-0.1, -0.05) is 31.9 Å². The smallest absolute Gasteiger partial charge is 0.290 e. The van der Waals surface area contributed by atoms with Crippen LogP contribution in [0.3, 0.4) is 0 Å². The Bertz CT molecular complexity index is 1240. The zero-order valence-electron chi connectivity index (χ0n) is 19.0. The number of hydrogen-bond acceptors (Lipinski definition) is 5. The Morgan fingerprint density at radius 1 is 1.09 bits per heavy atom. The summed E-state index contributed by atoms with van der Waals surface area (Å²) in [7, 11) is 0. The number of aromatic hydroxyl groups is 1. The fraction of sp³-hybridized carbons (Fsp3) is 0.385. The highest BCUT2D eigenvalue weighted by molar-refractivity contribution is 5.99. The SMILES string of the molecule is CCCCCN1C(=O)c2oc3c(C)cc(C)cc3c(=O)c2C1c1ccc(O)c(OCC)c1. The summed E-state index contributed by atoms with van der Waals surface area (Å²) < 4.78 is 11.7. The van der Waals surface area contributed by atoms with Crippen LogP contribution in [-0.2, 0) is 0 Å². The van der Waals surface area contributed by atoms with Crippen LogP contribution in [0.5, 0.6) is 11.5 Å². The van der Waals surface area contributed by atoms with Crippen molar-refractivity contribution in [3.05, 3.63) is 68.6 Å². The van der Waals surface area contributed by atoms with E-state index in [-0.39, 0.29) is 22.8 Å². The van der Waals surface area contributed by atoms with Crippen molar-refractivity contribution in [3.8, 4) is 11.5 Å². The molecule has 1 N–H and O–H groups in total. The summed E-state index contributed by atoms with van der Waals surface area (Å²) in [6, 6.07) is 8.17. The Balaban J connectivity index is 1.95. The van der Waals surface area contributed by atoms with E-state index in [1.165, 1.54) is 0 Å². The number of rotatable bonds is 7. The average molecular weight is 436 g/mol. The molecule has 1 aliphatic rings. The van der Waals surface area contributed by atoms with Crippen LogP contribution in [0.25, 0.3) is 11.0 Å². The van der Waals surface area contributed by atoms with Gasteiger partial charge >= 0.3 is 0 Å². The highest BCUT2D eigenvalue weighted by Crippen LogP contribution is 2.41. The van der Waals surface area contributed by atoms with Gasteiger partial charge in [0.25, 0.3) is 5.91 Å². The first-order valence-corrected chi connectivity index (χ1v) is 11.2. The standard InChI is InChI=1S/C26H29NO5/c1-5-7-8-11-27-22(17-9-10-19(28)20(14-17)31-6-2)21-23(29)18-13-15(3)12-16(4)24(18)32-25(21)26(27)30/h9-10,12-14,22,28H,5-8,11H2,1-4H3. The van der Waals surface area contributed by atoms with E-state index in [4.69, 9.17) is 9.15 Å². The van der Waals surface area contributed by atoms with Crippen LogP contribution >= 0.6 is 0 Å². The normalized spacial score (nSPS) is 15.4. The maximum atomic E-state index is 13.7. The van der Waals surface area contributed by atoms with Crippen LogP contribution < -0.4 is 10.2 Å². The molecule has 1 atom stereocenters. The van der Waals surface area contributed by atoms with Gasteiger partial charge < -0.3 is 19.2 Å². The van der Waals surface area contributed by atoms with Gasteiger partial charge in [-0.05, 0) is 62.1 Å². The van der Waals surface area contributed by atoms with Crippen molar-refractivity contribution < 1.29 is 19.1 Å². The molecule has 6 heteroatoms. The molecule has 4 rings (SSSR count). The molecule has 1 amide bonds. The van der Waals surface area contributed by atoms with Gasteiger partial charge in [0.1, 0.15) is 5.58 Å². The molecule has 0 saturated heterocycles. The average Bonchev–Trinajstić information content (AvgIpc) is 3.03. The van der Waals surface area contributed by atoms with Crippen molar-refractivity contribution in [3.63, 3.8) is 0 Å². The van der Waals surface area contributed by atoms with E-state index in [1.807, 2.05) is 32.9 Å². The number of unbranched alkanes of at least 4 members (excludes halogenated alkanes) is 2. The lowest BCUT2D eigenvalue weighted by atomic mass is 9.97. The third-order valence-corrected chi connectivity index (χ3v) is 6.00. The number of hydrogen-bond donors (Lipinski definition) is 1. The molecule has 0 radical (unpaired) electrons. The summed E-state index contributed by atoms with van der Waals surface area (Å²) in [6.45, 7) is 8.67. The van der Waals surface area contributed by atoms with Crippen molar-refractivity contribution in [2.75, 3.05) is 13.2 Å². The lowest BCUT2D eigenvalue weighted by molar-refractivity contribution is 0.0724. The molecule has 1 aliphatic heterocycles. The predicted octanol–water partition coefficient (Wildman–Crippen LogP) is 5.25. The van der Waals surface area contributed by atoms with Crippen molar-refractivity contribution in [1.82, 2.24) is 4.90 Å². The molecule has 0 aliphatic carbocycles. The van der Waals surface area contributed by atoms with E-state index in [1.54, 1.807) is 23.1 Å². The minimum Gasteiger partial charge on any atom is -0.504 e. The number of fused-ring (bicyclic) bond motifs is 2. The molecule has 1 aromatic heterocycles. The fourth-order valence-corrected chi connectivity index (χ4v) is 4.56. The Kier molecular flexibility index (Phi) is 5.96. The van der Waals surface area contributed by atoms with Crippen LogP contribution in [0.2, 0.25) is 0 Å². The maximum Gasteiger partial charge on any atom is 0.290 e. The maximum absolute atomic E-state index is 13.7. The second-order valence-corrected chi connectivity index (χ2v) is 8.40. The van der Waals surface area contributed by atoms with E-state index in [0.717, 1.165) is 30.4 Å². The van der Waals surface area contributed by atoms with Crippen molar-refractivity contribution in [2.45, 2.75) is 53.0 Å². The summed E-state index contributed by atoms with van der Waals surface area (Å²) in [5, 5.41) is 10.7. The molecule has 0 saturated carbocycles. The van der Waals surface area contributed by atoms with Gasteiger partial charge in [-0.25, -0.2) is 0 Å².